The number of rotatable bonds is 1. The van der Waals surface area contributed by atoms with Crippen LogP contribution in [-0.4, -0.2) is 54.7 Å². The van der Waals surface area contributed by atoms with Crippen molar-refractivity contribution < 1.29 is 33.6 Å². The Morgan fingerprint density at radius 2 is 1.86 bits per heavy atom. The molecule has 7 heteroatoms. The molecule has 160 valence electrons. The third-order valence-corrected chi connectivity index (χ3v) is 9.22. The van der Waals surface area contributed by atoms with Crippen molar-refractivity contribution in [1.82, 2.24) is 0 Å². The average molecular weight is 406 g/mol. The summed E-state index contributed by atoms with van der Waals surface area (Å²) in [5, 5.41) is 12.0. The Morgan fingerprint density at radius 1 is 1.17 bits per heavy atom. The van der Waals surface area contributed by atoms with Crippen LogP contribution in [0.2, 0.25) is 0 Å². The van der Waals surface area contributed by atoms with Crippen LogP contribution >= 0.6 is 0 Å². The van der Waals surface area contributed by atoms with E-state index in [0.29, 0.717) is 12.2 Å². The second-order valence-corrected chi connectivity index (χ2v) is 10.1. The highest BCUT2D eigenvalue weighted by Crippen LogP contribution is 2.70. The predicted molar refractivity (Wildman–Crippen MR) is 100 cm³/mol. The summed E-state index contributed by atoms with van der Waals surface area (Å²) in [4.78, 5) is 26.3. The van der Waals surface area contributed by atoms with Crippen molar-refractivity contribution in [3.8, 4) is 0 Å². The van der Waals surface area contributed by atoms with Crippen molar-refractivity contribution in [3.63, 3.8) is 0 Å². The van der Waals surface area contributed by atoms with E-state index in [0.717, 1.165) is 0 Å². The van der Waals surface area contributed by atoms with Crippen LogP contribution in [0, 0.1) is 34.5 Å². The first-order chi connectivity index (χ1) is 13.6. The van der Waals surface area contributed by atoms with Gasteiger partial charge in [-0.25, -0.2) is 0 Å². The zero-order valence-electron chi connectivity index (χ0n) is 17.6. The molecule has 29 heavy (non-hydrogen) atoms. The van der Waals surface area contributed by atoms with E-state index < -0.39 is 22.5 Å². The van der Waals surface area contributed by atoms with E-state index in [1.165, 1.54) is 7.11 Å². The topological polar surface area (TPSA) is 91.3 Å². The predicted octanol–water partition coefficient (Wildman–Crippen LogP) is 1.82. The van der Waals surface area contributed by atoms with Gasteiger partial charge in [-0.3, -0.25) is 9.59 Å². The van der Waals surface area contributed by atoms with Gasteiger partial charge in [-0.2, -0.15) is 0 Å². The quantitative estimate of drug-likeness (QED) is 0.664. The average Bonchev–Trinajstić information content (AvgIpc) is 3.13. The van der Waals surface area contributed by atoms with Gasteiger partial charge < -0.3 is 24.1 Å². The summed E-state index contributed by atoms with van der Waals surface area (Å²) in [6, 6.07) is 0. The molecule has 7 nitrogen and oxygen atoms in total. The number of aliphatic hydroxyl groups is 1. The maximum atomic E-state index is 13.7. The molecule has 0 spiro atoms. The van der Waals surface area contributed by atoms with E-state index in [1.54, 1.807) is 0 Å². The van der Waals surface area contributed by atoms with Crippen LogP contribution in [0.25, 0.3) is 0 Å². The lowest BCUT2D eigenvalue weighted by Gasteiger charge is -2.70. The Bertz CT molecular complexity index is 807. The van der Waals surface area contributed by atoms with Gasteiger partial charge in [0.2, 0.25) is 5.78 Å². The highest BCUT2D eigenvalue weighted by Gasteiger charge is 2.78. The van der Waals surface area contributed by atoms with Crippen LogP contribution in [0.4, 0.5) is 0 Å². The Labute approximate surface area is 170 Å². The second kappa shape index (κ2) is 5.83. The van der Waals surface area contributed by atoms with Gasteiger partial charge in [0.15, 0.2) is 5.76 Å². The molecule has 2 aliphatic heterocycles. The maximum Gasteiger partial charge on any atom is 0.309 e. The maximum absolute atomic E-state index is 13.7. The molecule has 2 saturated carbocycles. The fraction of sp³-hybridized carbons (Fsp3) is 0.818. The van der Waals surface area contributed by atoms with Crippen molar-refractivity contribution in [2.45, 2.75) is 64.4 Å². The monoisotopic (exact) mass is 406 g/mol. The lowest BCUT2D eigenvalue weighted by atomic mass is 9.37. The zero-order valence-corrected chi connectivity index (χ0v) is 17.6. The number of esters is 1. The number of ether oxygens (including phenoxy) is 4. The number of ketones is 1. The molecule has 1 N–H and O–H groups in total. The number of hydrogen-bond acceptors (Lipinski definition) is 7. The Hall–Kier alpha value is -1.44. The van der Waals surface area contributed by atoms with Gasteiger partial charge in [-0.1, -0.05) is 27.7 Å². The second-order valence-electron chi connectivity index (χ2n) is 10.1. The Kier molecular flexibility index (Phi) is 3.92. The largest absolute Gasteiger partial charge is 0.493 e. The lowest BCUT2D eigenvalue weighted by Crippen LogP contribution is -2.79. The molecular formula is C22H30O7. The lowest BCUT2D eigenvalue weighted by molar-refractivity contribution is -0.315. The van der Waals surface area contributed by atoms with Crippen LogP contribution in [0.1, 0.15) is 40.5 Å². The summed E-state index contributed by atoms with van der Waals surface area (Å²) in [6.45, 7) is 8.08. The number of hydrogen-bond donors (Lipinski definition) is 1. The minimum absolute atomic E-state index is 0.0506. The van der Waals surface area contributed by atoms with Crippen LogP contribution in [0.15, 0.2) is 11.8 Å². The van der Waals surface area contributed by atoms with Crippen LogP contribution in [0.3, 0.4) is 0 Å². The van der Waals surface area contributed by atoms with Crippen molar-refractivity contribution >= 4 is 11.8 Å². The number of carbonyl (C=O) groups is 2. The van der Waals surface area contributed by atoms with Crippen molar-refractivity contribution in [2.24, 2.45) is 34.5 Å². The van der Waals surface area contributed by atoms with Crippen molar-refractivity contribution in [1.29, 1.82) is 0 Å². The molecule has 5 aliphatic rings. The SMILES string of the molecule is COC1=C[C@@H](C)[C@@H]2C[C@H]3OC(=O)C[C@@]4(O)[C@@H](C)[C@H]5OCO[C@H]5[C@H]([C@@]2(C)C1=O)[C@@]34C. The molecule has 0 aromatic carbocycles. The number of Topliss-reactive ketones (excluding diaryl/α,β-unsaturated/α-hetero) is 1. The van der Waals surface area contributed by atoms with Crippen LogP contribution in [-0.2, 0) is 28.5 Å². The minimum Gasteiger partial charge on any atom is -0.493 e. The Morgan fingerprint density at radius 3 is 2.55 bits per heavy atom. The van der Waals surface area contributed by atoms with Gasteiger partial charge in [0.25, 0.3) is 0 Å². The van der Waals surface area contributed by atoms with Crippen LogP contribution < -0.4 is 0 Å². The number of methoxy groups -OCH3 is 1. The molecule has 2 heterocycles. The fourth-order valence-electron chi connectivity index (χ4n) is 7.74. The third kappa shape index (κ3) is 2.04. The van der Waals surface area contributed by atoms with Gasteiger partial charge in [0.05, 0.1) is 31.3 Å². The van der Waals surface area contributed by atoms with E-state index in [2.05, 4.69) is 6.92 Å². The smallest absolute Gasteiger partial charge is 0.309 e. The fourth-order valence-corrected chi connectivity index (χ4v) is 7.74. The molecule has 0 aromatic heterocycles. The van der Waals surface area contributed by atoms with E-state index >= 15 is 0 Å². The van der Waals surface area contributed by atoms with Gasteiger partial charge in [-0.15, -0.1) is 0 Å². The molecule has 3 aliphatic carbocycles. The highest BCUT2D eigenvalue weighted by molar-refractivity contribution is 6.00. The molecular weight excluding hydrogens is 376 g/mol. The van der Waals surface area contributed by atoms with E-state index in [1.807, 2.05) is 26.8 Å². The molecule has 4 fully saturated rings. The molecule has 5 rings (SSSR count). The summed E-state index contributed by atoms with van der Waals surface area (Å²) in [7, 11) is 1.52. The first-order valence-corrected chi connectivity index (χ1v) is 10.6. The minimum atomic E-state index is -1.33. The summed E-state index contributed by atoms with van der Waals surface area (Å²) < 4.78 is 23.3. The number of fused-ring (bicyclic) bond motifs is 4. The van der Waals surface area contributed by atoms with Gasteiger partial charge in [0.1, 0.15) is 12.9 Å². The first-order valence-electron chi connectivity index (χ1n) is 10.6. The summed E-state index contributed by atoms with van der Waals surface area (Å²) in [5.74, 6) is -0.755. The number of carbonyl (C=O) groups excluding carboxylic acids is 2. The van der Waals surface area contributed by atoms with E-state index in [-0.39, 0.29) is 60.8 Å². The molecule has 0 aromatic rings. The standard InChI is InChI=1S/C22H30O7/c1-10-6-13(26-5)19(24)20(3)12(10)7-14-21(4)18(20)17-16(27-9-28-17)11(2)22(21,25)8-15(23)29-14/h6,10-12,14,16-18,25H,7-9H2,1-5H3/t10-,11+,12+,14-,16-,17-,18-,20+,21-,22-/m1/s1. The molecule has 0 bridgehead atoms. The summed E-state index contributed by atoms with van der Waals surface area (Å²) in [6.07, 6.45) is 1.11. The molecule has 2 saturated heterocycles. The molecule has 0 unspecified atom stereocenters. The highest BCUT2D eigenvalue weighted by atomic mass is 16.7. The zero-order chi connectivity index (χ0) is 20.9. The van der Waals surface area contributed by atoms with E-state index in [9.17, 15) is 14.7 Å². The summed E-state index contributed by atoms with van der Waals surface area (Å²) in [5.41, 5.74) is -2.98. The molecule has 0 radical (unpaired) electrons. The number of allylic oxidation sites excluding steroid dienone is 2. The molecule has 0 amide bonds. The first kappa shape index (κ1) is 19.5. The van der Waals surface area contributed by atoms with Crippen LogP contribution in [0.5, 0.6) is 0 Å². The normalized spacial score (nSPS) is 55.9. The molecule has 10 atom stereocenters. The third-order valence-electron chi connectivity index (χ3n) is 9.22. The van der Waals surface area contributed by atoms with Crippen molar-refractivity contribution in [3.05, 3.63) is 11.8 Å². The van der Waals surface area contributed by atoms with Gasteiger partial charge >= 0.3 is 5.97 Å². The summed E-state index contributed by atoms with van der Waals surface area (Å²) >= 11 is 0. The van der Waals surface area contributed by atoms with Gasteiger partial charge in [-0.05, 0) is 24.3 Å². The van der Waals surface area contributed by atoms with Gasteiger partial charge in [0, 0.05) is 22.7 Å². The Balaban J connectivity index is 1.76. The van der Waals surface area contributed by atoms with E-state index in [4.69, 9.17) is 18.9 Å². The van der Waals surface area contributed by atoms with Crippen molar-refractivity contribution in [2.75, 3.05) is 13.9 Å².